The zero-order chi connectivity index (χ0) is 14.8. The average molecular weight is 279 g/mol. The molecule has 1 heterocycles. The second-order valence-corrected chi connectivity index (χ2v) is 6.61. The van der Waals surface area contributed by atoms with Crippen molar-refractivity contribution in [2.24, 2.45) is 17.3 Å². The van der Waals surface area contributed by atoms with Gasteiger partial charge in [0.05, 0.1) is 5.41 Å². The Morgan fingerprint density at radius 1 is 1.15 bits per heavy atom. The first kappa shape index (κ1) is 15.1. The molecular weight excluding hydrogens is 254 g/mol. The summed E-state index contributed by atoms with van der Waals surface area (Å²) in [6.07, 6.45) is 8.66. The summed E-state index contributed by atoms with van der Waals surface area (Å²) in [6.45, 7) is 5.01. The number of rotatable bonds is 3. The van der Waals surface area contributed by atoms with Crippen LogP contribution < -0.4 is 0 Å². The molecule has 1 aliphatic heterocycles. The number of amides is 1. The van der Waals surface area contributed by atoms with Crippen molar-refractivity contribution in [3.8, 4) is 0 Å². The maximum Gasteiger partial charge on any atom is 0.309 e. The first-order valence-electron chi connectivity index (χ1n) is 7.60. The van der Waals surface area contributed by atoms with E-state index in [2.05, 4.69) is 12.2 Å². The van der Waals surface area contributed by atoms with Crippen molar-refractivity contribution in [2.45, 2.75) is 46.0 Å². The van der Waals surface area contributed by atoms with Gasteiger partial charge in [-0.2, -0.15) is 0 Å². The van der Waals surface area contributed by atoms with E-state index in [9.17, 15) is 14.7 Å². The van der Waals surface area contributed by atoms with Crippen LogP contribution in [0.15, 0.2) is 12.2 Å². The summed E-state index contributed by atoms with van der Waals surface area (Å²) in [5.41, 5.74) is -0.692. The highest BCUT2D eigenvalue weighted by Gasteiger charge is 2.39. The number of likely N-dealkylation sites (tertiary alicyclic amines) is 1. The van der Waals surface area contributed by atoms with E-state index in [1.165, 1.54) is 0 Å². The van der Waals surface area contributed by atoms with Gasteiger partial charge in [0, 0.05) is 19.0 Å². The Hall–Kier alpha value is -1.32. The average Bonchev–Trinajstić information content (AvgIpc) is 2.47. The van der Waals surface area contributed by atoms with Crippen LogP contribution >= 0.6 is 0 Å². The first-order valence-corrected chi connectivity index (χ1v) is 7.60. The molecule has 1 fully saturated rings. The molecule has 0 bridgehead atoms. The van der Waals surface area contributed by atoms with Gasteiger partial charge in [0.2, 0.25) is 5.91 Å². The number of aliphatic carboxylic acids is 1. The number of hydrogen-bond donors (Lipinski definition) is 1. The van der Waals surface area contributed by atoms with E-state index < -0.39 is 11.4 Å². The molecule has 112 valence electrons. The summed E-state index contributed by atoms with van der Waals surface area (Å²) >= 11 is 0. The molecule has 0 spiro atoms. The van der Waals surface area contributed by atoms with Crippen molar-refractivity contribution in [1.29, 1.82) is 0 Å². The van der Waals surface area contributed by atoms with Gasteiger partial charge in [-0.25, -0.2) is 0 Å². The minimum atomic E-state index is -0.736. The summed E-state index contributed by atoms with van der Waals surface area (Å²) in [5.74, 6) is -0.167. The topological polar surface area (TPSA) is 57.6 Å². The molecule has 20 heavy (non-hydrogen) atoms. The molecule has 1 saturated heterocycles. The second kappa shape index (κ2) is 5.98. The van der Waals surface area contributed by atoms with Gasteiger partial charge in [-0.1, -0.05) is 12.2 Å². The van der Waals surface area contributed by atoms with Crippen LogP contribution in [0.3, 0.4) is 0 Å². The van der Waals surface area contributed by atoms with Gasteiger partial charge in [0.25, 0.3) is 0 Å². The Bertz CT molecular complexity index is 406. The van der Waals surface area contributed by atoms with Crippen LogP contribution in [0.5, 0.6) is 0 Å². The Morgan fingerprint density at radius 3 is 2.30 bits per heavy atom. The number of piperidine rings is 1. The normalized spacial score (nSPS) is 24.7. The minimum Gasteiger partial charge on any atom is -0.481 e. The molecule has 0 aromatic rings. The third kappa shape index (κ3) is 3.05. The van der Waals surface area contributed by atoms with Gasteiger partial charge in [-0.05, 0) is 51.9 Å². The Morgan fingerprint density at radius 2 is 1.80 bits per heavy atom. The Labute approximate surface area is 120 Å². The zero-order valence-corrected chi connectivity index (χ0v) is 12.5. The Balaban J connectivity index is 1.89. The summed E-state index contributed by atoms with van der Waals surface area (Å²) in [4.78, 5) is 25.7. The predicted octanol–water partition coefficient (Wildman–Crippen LogP) is 2.69. The molecular formula is C16H25NO3. The lowest BCUT2D eigenvalue weighted by Crippen LogP contribution is -2.46. The standard InChI is InChI=1S/C16H25NO3/c1-16(2,15(19)20)13-8-10-17(11-9-13)14(18)12-6-4-3-5-7-12/h3-4,12-13H,5-11H2,1-2H3,(H,19,20). The number of carboxylic acids is 1. The van der Waals surface area contributed by atoms with Gasteiger partial charge in [-0.15, -0.1) is 0 Å². The SMILES string of the molecule is CC(C)(C(=O)O)C1CCN(C(=O)C2CC=CCC2)CC1. The molecule has 1 amide bonds. The fourth-order valence-corrected chi connectivity index (χ4v) is 3.27. The third-order valence-electron chi connectivity index (χ3n) is 5.00. The van der Waals surface area contributed by atoms with Crippen molar-refractivity contribution in [3.63, 3.8) is 0 Å². The number of allylic oxidation sites excluding steroid dienone is 2. The number of carbonyl (C=O) groups is 2. The van der Waals surface area contributed by atoms with E-state index in [0.29, 0.717) is 13.1 Å². The number of hydrogen-bond acceptors (Lipinski definition) is 2. The van der Waals surface area contributed by atoms with Crippen molar-refractivity contribution >= 4 is 11.9 Å². The summed E-state index contributed by atoms with van der Waals surface area (Å²) < 4.78 is 0. The fourth-order valence-electron chi connectivity index (χ4n) is 3.27. The van der Waals surface area contributed by atoms with Crippen LogP contribution in [0.4, 0.5) is 0 Å². The lowest BCUT2D eigenvalue weighted by atomic mass is 9.73. The van der Waals surface area contributed by atoms with Crippen LogP contribution in [0.1, 0.15) is 46.0 Å². The van der Waals surface area contributed by atoms with Crippen LogP contribution in [0.2, 0.25) is 0 Å². The van der Waals surface area contributed by atoms with Gasteiger partial charge in [0.1, 0.15) is 0 Å². The lowest BCUT2D eigenvalue weighted by Gasteiger charge is -2.39. The van der Waals surface area contributed by atoms with Gasteiger partial charge < -0.3 is 10.0 Å². The number of nitrogens with zero attached hydrogens (tertiary/aromatic N) is 1. The van der Waals surface area contributed by atoms with E-state index in [1.54, 1.807) is 13.8 Å². The lowest BCUT2D eigenvalue weighted by molar-refractivity contribution is -0.151. The molecule has 0 radical (unpaired) electrons. The molecule has 1 N–H and O–H groups in total. The summed E-state index contributed by atoms with van der Waals surface area (Å²) in [7, 11) is 0. The van der Waals surface area contributed by atoms with Crippen molar-refractivity contribution in [1.82, 2.24) is 4.90 Å². The molecule has 0 saturated carbocycles. The van der Waals surface area contributed by atoms with E-state index >= 15 is 0 Å². The van der Waals surface area contributed by atoms with Crippen LogP contribution in [0, 0.1) is 17.3 Å². The highest BCUT2D eigenvalue weighted by Crippen LogP contribution is 2.36. The molecule has 1 atom stereocenters. The van der Waals surface area contributed by atoms with Crippen molar-refractivity contribution in [2.75, 3.05) is 13.1 Å². The van der Waals surface area contributed by atoms with E-state index in [0.717, 1.165) is 32.1 Å². The molecule has 0 aromatic carbocycles. The van der Waals surface area contributed by atoms with Crippen LogP contribution in [-0.4, -0.2) is 35.0 Å². The monoisotopic (exact) mass is 279 g/mol. The first-order chi connectivity index (χ1) is 9.43. The van der Waals surface area contributed by atoms with Gasteiger partial charge >= 0.3 is 5.97 Å². The third-order valence-corrected chi connectivity index (χ3v) is 5.00. The van der Waals surface area contributed by atoms with Crippen LogP contribution in [0.25, 0.3) is 0 Å². The molecule has 1 aliphatic carbocycles. The van der Waals surface area contributed by atoms with Crippen LogP contribution in [-0.2, 0) is 9.59 Å². The molecule has 2 aliphatic rings. The molecule has 2 rings (SSSR count). The maximum atomic E-state index is 12.4. The van der Waals surface area contributed by atoms with E-state index in [1.807, 2.05) is 4.90 Å². The van der Waals surface area contributed by atoms with Gasteiger partial charge in [-0.3, -0.25) is 9.59 Å². The number of carboxylic acid groups (broad SMARTS) is 1. The largest absolute Gasteiger partial charge is 0.481 e. The molecule has 4 heteroatoms. The maximum absolute atomic E-state index is 12.4. The Kier molecular flexibility index (Phi) is 4.51. The molecule has 0 aromatic heterocycles. The summed E-state index contributed by atoms with van der Waals surface area (Å²) in [6, 6.07) is 0. The number of carbonyl (C=O) groups excluding carboxylic acids is 1. The van der Waals surface area contributed by atoms with Crippen molar-refractivity contribution in [3.05, 3.63) is 12.2 Å². The molecule has 1 unspecified atom stereocenters. The minimum absolute atomic E-state index is 0.143. The zero-order valence-electron chi connectivity index (χ0n) is 12.5. The van der Waals surface area contributed by atoms with Crippen molar-refractivity contribution < 1.29 is 14.7 Å². The molecule has 4 nitrogen and oxygen atoms in total. The summed E-state index contributed by atoms with van der Waals surface area (Å²) in [5, 5.41) is 9.28. The second-order valence-electron chi connectivity index (χ2n) is 6.61. The quantitative estimate of drug-likeness (QED) is 0.808. The van der Waals surface area contributed by atoms with E-state index in [-0.39, 0.29) is 17.7 Å². The highest BCUT2D eigenvalue weighted by molar-refractivity contribution is 5.79. The highest BCUT2D eigenvalue weighted by atomic mass is 16.4. The smallest absolute Gasteiger partial charge is 0.309 e. The fraction of sp³-hybridized carbons (Fsp3) is 0.750. The van der Waals surface area contributed by atoms with Gasteiger partial charge in [0.15, 0.2) is 0 Å². The van der Waals surface area contributed by atoms with E-state index in [4.69, 9.17) is 0 Å². The predicted molar refractivity (Wildman–Crippen MR) is 77.2 cm³/mol.